The highest BCUT2D eigenvalue weighted by Crippen LogP contribution is 2.22. The topological polar surface area (TPSA) is 62.3 Å². The predicted molar refractivity (Wildman–Crippen MR) is 110 cm³/mol. The van der Waals surface area contributed by atoms with E-state index in [0.29, 0.717) is 12.4 Å². The lowest BCUT2D eigenvalue weighted by atomic mass is 10.2. The van der Waals surface area contributed by atoms with Crippen LogP contribution in [0.4, 0.5) is 23.0 Å². The second-order valence-corrected chi connectivity index (χ2v) is 6.59. The van der Waals surface area contributed by atoms with Crippen LogP contribution < -0.4 is 15.4 Å². The molecular weight excluding hydrogens is 338 g/mol. The number of nitrogens with one attached hydrogen (secondary N) is 2. The molecule has 0 spiro atoms. The third-order valence-corrected chi connectivity index (χ3v) is 3.87. The Morgan fingerprint density at radius 1 is 0.889 bits per heavy atom. The Bertz CT molecular complexity index is 882. The van der Waals surface area contributed by atoms with E-state index in [0.717, 1.165) is 29.5 Å². The quantitative estimate of drug-likeness (QED) is 0.625. The van der Waals surface area contributed by atoms with Gasteiger partial charge < -0.3 is 20.3 Å². The van der Waals surface area contributed by atoms with Crippen LogP contribution in [0.3, 0.4) is 0 Å². The van der Waals surface area contributed by atoms with Gasteiger partial charge in [0.15, 0.2) is 0 Å². The number of aryl methyl sites for hydroxylation is 1. The van der Waals surface area contributed by atoms with Gasteiger partial charge in [-0.25, -0.2) is 9.97 Å². The average Bonchev–Trinajstić information content (AvgIpc) is 2.62. The van der Waals surface area contributed by atoms with Gasteiger partial charge in [-0.1, -0.05) is 18.2 Å². The number of benzene rings is 2. The molecule has 2 N–H and O–H groups in total. The Morgan fingerprint density at radius 3 is 2.22 bits per heavy atom. The first kappa shape index (κ1) is 18.7. The van der Waals surface area contributed by atoms with Crippen molar-refractivity contribution in [2.75, 3.05) is 37.9 Å². The van der Waals surface area contributed by atoms with E-state index in [1.807, 2.05) is 56.6 Å². The zero-order valence-corrected chi connectivity index (χ0v) is 15.9. The fourth-order valence-corrected chi connectivity index (χ4v) is 2.52. The van der Waals surface area contributed by atoms with E-state index in [4.69, 9.17) is 4.74 Å². The van der Waals surface area contributed by atoms with Crippen molar-refractivity contribution in [3.05, 3.63) is 66.5 Å². The number of aromatic nitrogens is 2. The van der Waals surface area contributed by atoms with Crippen LogP contribution in [0, 0.1) is 6.92 Å². The Hall–Kier alpha value is -3.12. The van der Waals surface area contributed by atoms with Crippen molar-refractivity contribution < 1.29 is 4.74 Å². The largest absolute Gasteiger partial charge is 0.492 e. The maximum absolute atomic E-state index is 5.78. The van der Waals surface area contributed by atoms with E-state index >= 15 is 0 Å². The summed E-state index contributed by atoms with van der Waals surface area (Å²) in [5.74, 6) is 2.27. The molecule has 0 aliphatic rings. The zero-order chi connectivity index (χ0) is 19.1. The van der Waals surface area contributed by atoms with Crippen molar-refractivity contribution in [1.82, 2.24) is 14.9 Å². The Labute approximate surface area is 160 Å². The molecule has 6 nitrogen and oxygen atoms in total. The minimum absolute atomic E-state index is 0.647. The Morgan fingerprint density at radius 2 is 1.56 bits per heavy atom. The van der Waals surface area contributed by atoms with Gasteiger partial charge in [0.2, 0.25) is 0 Å². The maximum atomic E-state index is 5.78. The molecule has 0 fully saturated rings. The van der Waals surface area contributed by atoms with E-state index in [-0.39, 0.29) is 0 Å². The van der Waals surface area contributed by atoms with Crippen molar-refractivity contribution in [1.29, 1.82) is 0 Å². The molecule has 1 aromatic heterocycles. The number of ether oxygens (including phenoxy) is 1. The van der Waals surface area contributed by atoms with Gasteiger partial charge in [-0.3, -0.25) is 0 Å². The third kappa shape index (κ3) is 5.97. The first-order valence-corrected chi connectivity index (χ1v) is 8.89. The van der Waals surface area contributed by atoms with E-state index in [1.165, 1.54) is 11.9 Å². The van der Waals surface area contributed by atoms with Crippen LogP contribution in [0.1, 0.15) is 5.56 Å². The Balaban J connectivity index is 1.65. The summed E-state index contributed by atoms with van der Waals surface area (Å²) in [7, 11) is 4.05. The van der Waals surface area contributed by atoms with Crippen LogP contribution in [0.2, 0.25) is 0 Å². The summed E-state index contributed by atoms with van der Waals surface area (Å²) >= 11 is 0. The minimum Gasteiger partial charge on any atom is -0.492 e. The van der Waals surface area contributed by atoms with Gasteiger partial charge in [-0.2, -0.15) is 0 Å². The SMILES string of the molecule is Cc1cccc(Nc2cc(Nc3cccc(OCCN(C)C)c3)ncn2)c1. The van der Waals surface area contributed by atoms with Gasteiger partial charge in [-0.15, -0.1) is 0 Å². The summed E-state index contributed by atoms with van der Waals surface area (Å²) in [6.45, 7) is 3.58. The fourth-order valence-electron chi connectivity index (χ4n) is 2.52. The molecule has 6 heteroatoms. The van der Waals surface area contributed by atoms with Crippen molar-refractivity contribution in [3.63, 3.8) is 0 Å². The lowest BCUT2D eigenvalue weighted by molar-refractivity contribution is 0.261. The van der Waals surface area contributed by atoms with Gasteiger partial charge in [0.25, 0.3) is 0 Å². The molecule has 140 valence electrons. The van der Waals surface area contributed by atoms with E-state index in [9.17, 15) is 0 Å². The second-order valence-electron chi connectivity index (χ2n) is 6.59. The van der Waals surface area contributed by atoms with E-state index in [1.54, 1.807) is 0 Å². The molecule has 3 rings (SSSR count). The van der Waals surface area contributed by atoms with Crippen molar-refractivity contribution in [2.24, 2.45) is 0 Å². The molecule has 0 aliphatic carbocycles. The molecule has 0 atom stereocenters. The number of anilines is 4. The standard InChI is InChI=1S/C21H25N5O/c1-16-6-4-7-17(12-16)24-20-14-21(23-15-22-20)25-18-8-5-9-19(13-18)27-11-10-26(2)3/h4-9,12-15H,10-11H2,1-3H3,(H2,22,23,24,25). The highest BCUT2D eigenvalue weighted by atomic mass is 16.5. The van der Waals surface area contributed by atoms with E-state index < -0.39 is 0 Å². The Kier molecular flexibility index (Phi) is 6.22. The van der Waals surface area contributed by atoms with Gasteiger partial charge in [0.1, 0.15) is 30.3 Å². The molecule has 0 amide bonds. The first-order chi connectivity index (χ1) is 13.1. The van der Waals surface area contributed by atoms with Gasteiger partial charge >= 0.3 is 0 Å². The molecule has 0 saturated heterocycles. The zero-order valence-electron chi connectivity index (χ0n) is 15.9. The van der Waals surface area contributed by atoms with Crippen molar-refractivity contribution in [2.45, 2.75) is 6.92 Å². The average molecular weight is 363 g/mol. The van der Waals surface area contributed by atoms with Crippen molar-refractivity contribution >= 4 is 23.0 Å². The normalized spacial score (nSPS) is 10.7. The first-order valence-electron chi connectivity index (χ1n) is 8.89. The fraction of sp³-hybridized carbons (Fsp3) is 0.238. The van der Waals surface area contributed by atoms with Crippen LogP contribution in [-0.2, 0) is 0 Å². The summed E-state index contributed by atoms with van der Waals surface area (Å²) in [6, 6.07) is 17.9. The molecule has 0 radical (unpaired) electrons. The molecular formula is C21H25N5O. The third-order valence-electron chi connectivity index (χ3n) is 3.87. The van der Waals surface area contributed by atoms with Crippen LogP contribution in [0.5, 0.6) is 5.75 Å². The molecule has 2 aromatic carbocycles. The van der Waals surface area contributed by atoms with Crippen molar-refractivity contribution in [3.8, 4) is 5.75 Å². The summed E-state index contributed by atoms with van der Waals surface area (Å²) < 4.78 is 5.78. The molecule has 1 heterocycles. The van der Waals surface area contributed by atoms with Crippen LogP contribution in [0.25, 0.3) is 0 Å². The molecule has 0 aliphatic heterocycles. The van der Waals surface area contributed by atoms with Gasteiger partial charge in [-0.05, 0) is 50.8 Å². The molecule has 0 bridgehead atoms. The summed E-state index contributed by atoms with van der Waals surface area (Å²) in [5.41, 5.74) is 3.10. The lowest BCUT2D eigenvalue weighted by Gasteiger charge is -2.12. The smallest absolute Gasteiger partial charge is 0.135 e. The number of nitrogens with zero attached hydrogens (tertiary/aromatic N) is 3. The molecule has 3 aromatic rings. The second kappa shape index (κ2) is 9.00. The minimum atomic E-state index is 0.647. The molecule has 0 saturated carbocycles. The summed E-state index contributed by atoms with van der Waals surface area (Å²) in [5, 5.41) is 6.60. The molecule has 0 unspecified atom stereocenters. The number of rotatable bonds is 8. The predicted octanol–water partition coefficient (Wildman–Crippen LogP) is 4.21. The summed E-state index contributed by atoms with van der Waals surface area (Å²) in [4.78, 5) is 10.7. The highest BCUT2D eigenvalue weighted by Gasteiger charge is 2.03. The van der Waals surface area contributed by atoms with Gasteiger partial charge in [0.05, 0.1) is 0 Å². The number of hydrogen-bond acceptors (Lipinski definition) is 6. The maximum Gasteiger partial charge on any atom is 0.135 e. The van der Waals surface area contributed by atoms with E-state index in [2.05, 4.69) is 44.6 Å². The highest BCUT2D eigenvalue weighted by molar-refractivity contribution is 5.63. The monoisotopic (exact) mass is 363 g/mol. The van der Waals surface area contributed by atoms with Crippen LogP contribution >= 0.6 is 0 Å². The molecule has 27 heavy (non-hydrogen) atoms. The number of likely N-dealkylation sites (N-methyl/N-ethyl adjacent to an activating group) is 1. The lowest BCUT2D eigenvalue weighted by Crippen LogP contribution is -2.19. The van der Waals surface area contributed by atoms with Gasteiger partial charge in [0, 0.05) is 30.1 Å². The van der Waals surface area contributed by atoms with Crippen LogP contribution in [0.15, 0.2) is 60.9 Å². The summed E-state index contributed by atoms with van der Waals surface area (Å²) in [6.07, 6.45) is 1.54. The van der Waals surface area contributed by atoms with Crippen LogP contribution in [-0.4, -0.2) is 42.1 Å². The number of hydrogen-bond donors (Lipinski definition) is 2.